The summed E-state index contributed by atoms with van der Waals surface area (Å²) in [6.07, 6.45) is 2.47. The second-order valence-electron chi connectivity index (χ2n) is 12.3. The zero-order valence-electron chi connectivity index (χ0n) is 26.1. The second-order valence-corrected chi connectivity index (χ2v) is 12.3. The predicted octanol–water partition coefficient (Wildman–Crippen LogP) is 3.95. The van der Waals surface area contributed by atoms with Crippen molar-refractivity contribution in [1.82, 2.24) is 29.9 Å². The fourth-order valence-corrected chi connectivity index (χ4v) is 4.98. The molecule has 3 aromatic rings. The molecule has 3 heterocycles. The summed E-state index contributed by atoms with van der Waals surface area (Å²) >= 11 is 0. The van der Waals surface area contributed by atoms with Crippen molar-refractivity contribution in [1.29, 1.82) is 0 Å². The molecule has 1 fully saturated rings. The van der Waals surface area contributed by atoms with Gasteiger partial charge in [-0.15, -0.1) is 0 Å². The van der Waals surface area contributed by atoms with E-state index in [4.69, 9.17) is 0 Å². The highest BCUT2D eigenvalue weighted by Gasteiger charge is 2.44. The number of amides is 4. The number of pyridine rings is 1. The smallest absolute Gasteiger partial charge is 0.323 e. The number of carbonyl (C=O) groups excluding carboxylic acids is 3. The molecule has 4 rings (SSSR count). The Hall–Kier alpha value is -4.29. The molecule has 43 heavy (non-hydrogen) atoms. The number of nitrogens with one attached hydrogen (secondary N) is 3. The molecule has 1 saturated heterocycles. The van der Waals surface area contributed by atoms with Gasteiger partial charge in [0.15, 0.2) is 5.69 Å². The molecule has 2 aromatic heterocycles. The Bertz CT molecular complexity index is 1510. The maximum absolute atomic E-state index is 13.8. The minimum Gasteiger partial charge on any atom is -0.373 e. The van der Waals surface area contributed by atoms with Gasteiger partial charge >= 0.3 is 6.03 Å². The first-order chi connectivity index (χ1) is 20.1. The van der Waals surface area contributed by atoms with Crippen LogP contribution >= 0.6 is 0 Å². The molecule has 0 aliphatic carbocycles. The SMILES string of the molecule is CCNC(O)c1ccc(-c2cc(NC(=O)Nc3cn(C(C)(C)C)nc3C(=O)N3CCN(C)C(=O)C3(C)C)ccc2C)cn1. The van der Waals surface area contributed by atoms with Crippen molar-refractivity contribution in [2.75, 3.05) is 37.3 Å². The molecular formula is C31H42N8O4. The molecule has 1 aliphatic rings. The molecule has 0 radical (unpaired) electrons. The average molecular weight is 591 g/mol. The molecule has 1 atom stereocenters. The van der Waals surface area contributed by atoms with Crippen LogP contribution in [-0.2, 0) is 10.3 Å². The lowest BCUT2D eigenvalue weighted by atomic mass is 9.97. The van der Waals surface area contributed by atoms with Gasteiger partial charge in [-0.1, -0.05) is 19.1 Å². The highest BCUT2D eigenvalue weighted by atomic mass is 16.3. The highest BCUT2D eigenvalue weighted by molar-refractivity contribution is 6.07. The lowest BCUT2D eigenvalue weighted by Gasteiger charge is -2.44. The van der Waals surface area contributed by atoms with Crippen LogP contribution in [0.5, 0.6) is 0 Å². The van der Waals surface area contributed by atoms with E-state index in [0.717, 1.165) is 16.7 Å². The van der Waals surface area contributed by atoms with E-state index in [9.17, 15) is 19.5 Å². The minimum atomic E-state index is -1.06. The number of piperazine rings is 1. The van der Waals surface area contributed by atoms with Crippen molar-refractivity contribution in [3.8, 4) is 11.1 Å². The first kappa shape index (κ1) is 31.6. The Kier molecular flexibility index (Phi) is 8.93. The first-order valence-electron chi connectivity index (χ1n) is 14.4. The maximum atomic E-state index is 13.8. The number of urea groups is 1. The van der Waals surface area contributed by atoms with Crippen LogP contribution in [0.2, 0.25) is 0 Å². The molecule has 230 valence electrons. The molecule has 4 amide bonds. The number of hydrogen-bond donors (Lipinski definition) is 4. The van der Waals surface area contributed by atoms with E-state index in [1.54, 1.807) is 55.0 Å². The number of likely N-dealkylation sites (N-methyl/N-ethyl adjacent to an activating group) is 1. The Morgan fingerprint density at radius 2 is 1.84 bits per heavy atom. The molecule has 4 N–H and O–H groups in total. The molecule has 0 saturated carbocycles. The van der Waals surface area contributed by atoms with Crippen molar-refractivity contribution < 1.29 is 19.5 Å². The number of aryl methyl sites for hydroxylation is 1. The lowest BCUT2D eigenvalue weighted by Crippen LogP contribution is -2.63. The van der Waals surface area contributed by atoms with Crippen molar-refractivity contribution in [2.24, 2.45) is 0 Å². The molecule has 12 heteroatoms. The van der Waals surface area contributed by atoms with Gasteiger partial charge in [0.1, 0.15) is 11.8 Å². The second kappa shape index (κ2) is 12.1. The quantitative estimate of drug-likeness (QED) is 0.305. The molecule has 12 nitrogen and oxygen atoms in total. The van der Waals surface area contributed by atoms with Crippen LogP contribution in [0.15, 0.2) is 42.7 Å². The van der Waals surface area contributed by atoms with Gasteiger partial charge in [-0.25, -0.2) is 4.79 Å². The Morgan fingerprint density at radius 1 is 1.12 bits per heavy atom. The molecule has 0 bridgehead atoms. The largest absolute Gasteiger partial charge is 0.373 e. The Morgan fingerprint density at radius 3 is 2.47 bits per heavy atom. The lowest BCUT2D eigenvalue weighted by molar-refractivity contribution is -0.144. The number of aliphatic hydroxyl groups is 1. The van der Waals surface area contributed by atoms with Crippen LogP contribution in [0.25, 0.3) is 11.1 Å². The fourth-order valence-electron chi connectivity index (χ4n) is 4.98. The van der Waals surface area contributed by atoms with Gasteiger partial charge in [-0.05, 0) is 77.4 Å². The number of nitrogens with zero attached hydrogens (tertiary/aromatic N) is 5. The molecule has 1 aliphatic heterocycles. The van der Waals surface area contributed by atoms with Crippen LogP contribution < -0.4 is 16.0 Å². The van der Waals surface area contributed by atoms with E-state index >= 15 is 0 Å². The van der Waals surface area contributed by atoms with Gasteiger partial charge < -0.3 is 25.5 Å². The third-order valence-corrected chi connectivity index (χ3v) is 7.57. The van der Waals surface area contributed by atoms with Crippen LogP contribution in [0.1, 0.15) is 69.5 Å². The van der Waals surface area contributed by atoms with Gasteiger partial charge in [-0.2, -0.15) is 5.10 Å². The van der Waals surface area contributed by atoms with E-state index in [2.05, 4.69) is 26.0 Å². The average Bonchev–Trinajstić information content (AvgIpc) is 3.37. The fraction of sp³-hybridized carbons (Fsp3) is 0.452. The maximum Gasteiger partial charge on any atom is 0.323 e. The van der Waals surface area contributed by atoms with Gasteiger partial charge in [-0.3, -0.25) is 24.6 Å². The molecule has 0 spiro atoms. The standard InChI is InChI=1S/C31H42N8O4/c1-9-32-26(40)23-13-11-20(17-33-23)22-16-21(12-10-19(22)2)34-29(43)35-24-18-39(30(3,4)5)36-25(24)27(41)38-15-14-37(8)28(42)31(38,6)7/h10-13,16-18,26,32,40H,9,14-15H2,1-8H3,(H2,34,35,43). The monoisotopic (exact) mass is 590 g/mol. The highest BCUT2D eigenvalue weighted by Crippen LogP contribution is 2.29. The zero-order valence-corrected chi connectivity index (χ0v) is 26.1. The summed E-state index contributed by atoms with van der Waals surface area (Å²) in [7, 11) is 1.72. The van der Waals surface area contributed by atoms with Crippen molar-refractivity contribution in [3.05, 3.63) is 59.7 Å². The summed E-state index contributed by atoms with van der Waals surface area (Å²) in [4.78, 5) is 47.4. The third-order valence-electron chi connectivity index (χ3n) is 7.57. The summed E-state index contributed by atoms with van der Waals surface area (Å²) in [5.41, 5.74) is 2.51. The van der Waals surface area contributed by atoms with Crippen molar-refractivity contribution >= 4 is 29.2 Å². The predicted molar refractivity (Wildman–Crippen MR) is 166 cm³/mol. The summed E-state index contributed by atoms with van der Waals surface area (Å²) in [5.74, 6) is -0.596. The zero-order chi connectivity index (χ0) is 31.7. The van der Waals surface area contributed by atoms with Crippen LogP contribution in [-0.4, -0.2) is 79.7 Å². The molecule has 1 aromatic carbocycles. The summed E-state index contributed by atoms with van der Waals surface area (Å²) < 4.78 is 1.63. The normalized spacial score (nSPS) is 15.8. The van der Waals surface area contributed by atoms with E-state index in [-0.39, 0.29) is 17.3 Å². The van der Waals surface area contributed by atoms with Gasteiger partial charge in [0.2, 0.25) is 5.91 Å². The van der Waals surface area contributed by atoms with E-state index in [1.165, 1.54) is 4.90 Å². The Balaban J connectivity index is 1.57. The van der Waals surface area contributed by atoms with E-state index in [1.807, 2.05) is 52.8 Å². The van der Waals surface area contributed by atoms with Gasteiger partial charge in [0.25, 0.3) is 5.91 Å². The third kappa shape index (κ3) is 6.70. The first-order valence-corrected chi connectivity index (χ1v) is 14.4. The van der Waals surface area contributed by atoms with Crippen molar-refractivity contribution in [2.45, 2.75) is 65.8 Å². The van der Waals surface area contributed by atoms with Gasteiger partial charge in [0, 0.05) is 37.6 Å². The number of aromatic nitrogens is 3. The number of benzene rings is 1. The van der Waals surface area contributed by atoms with Gasteiger partial charge in [0.05, 0.1) is 23.1 Å². The number of aliphatic hydroxyl groups excluding tert-OH is 1. The van der Waals surface area contributed by atoms with E-state index < -0.39 is 29.2 Å². The number of carbonyl (C=O) groups is 3. The summed E-state index contributed by atoms with van der Waals surface area (Å²) in [6.45, 7) is 14.5. The summed E-state index contributed by atoms with van der Waals surface area (Å²) in [6, 6.07) is 8.61. The Labute approximate surface area is 252 Å². The number of hydrogen-bond acceptors (Lipinski definition) is 7. The van der Waals surface area contributed by atoms with Crippen LogP contribution in [0, 0.1) is 6.92 Å². The minimum absolute atomic E-state index is 0.0611. The molecule has 1 unspecified atom stereocenters. The number of rotatable bonds is 7. The van der Waals surface area contributed by atoms with Crippen LogP contribution in [0.3, 0.4) is 0 Å². The number of anilines is 2. The van der Waals surface area contributed by atoms with Crippen LogP contribution in [0.4, 0.5) is 16.2 Å². The molecular weight excluding hydrogens is 548 g/mol. The summed E-state index contributed by atoms with van der Waals surface area (Å²) in [5, 5.41) is 23.3. The van der Waals surface area contributed by atoms with Crippen molar-refractivity contribution in [3.63, 3.8) is 0 Å². The van der Waals surface area contributed by atoms with E-state index in [0.29, 0.717) is 31.0 Å². The topological polar surface area (TPSA) is 145 Å².